The van der Waals surface area contributed by atoms with Gasteiger partial charge in [-0.15, -0.1) is 12.4 Å². The van der Waals surface area contributed by atoms with Gasteiger partial charge < -0.3 is 15.2 Å². The average Bonchev–Trinajstić information content (AvgIpc) is 2.93. The minimum atomic E-state index is 0. The van der Waals surface area contributed by atoms with E-state index in [2.05, 4.69) is 18.3 Å². The highest BCUT2D eigenvalue weighted by Crippen LogP contribution is 2.12. The van der Waals surface area contributed by atoms with E-state index in [0.29, 0.717) is 0 Å². The molecule has 1 saturated heterocycles. The number of halogens is 1. The van der Waals surface area contributed by atoms with Gasteiger partial charge in [0.25, 0.3) is 0 Å². The van der Waals surface area contributed by atoms with Crippen molar-refractivity contribution in [3.05, 3.63) is 12.3 Å². The number of allylic oxidation sites excluding steroid dienone is 1. The van der Waals surface area contributed by atoms with Crippen molar-refractivity contribution in [2.24, 2.45) is 0 Å². The molecule has 4 heteroatoms. The summed E-state index contributed by atoms with van der Waals surface area (Å²) in [6.45, 7) is 3.33. The molecule has 2 N–H and O–H groups in total. The third-order valence-electron chi connectivity index (χ3n) is 3.99. The highest BCUT2D eigenvalue weighted by molar-refractivity contribution is 5.85. The van der Waals surface area contributed by atoms with Crippen molar-refractivity contribution >= 4 is 12.4 Å². The molecule has 0 unspecified atom stereocenters. The van der Waals surface area contributed by atoms with Crippen molar-refractivity contribution in [1.29, 1.82) is 0 Å². The van der Waals surface area contributed by atoms with Gasteiger partial charge in [0, 0.05) is 19.0 Å². The lowest BCUT2D eigenvalue weighted by atomic mass is 10.1. The molecule has 1 fully saturated rings. The summed E-state index contributed by atoms with van der Waals surface area (Å²) in [5.41, 5.74) is 0. The van der Waals surface area contributed by atoms with Crippen LogP contribution in [0.1, 0.15) is 71.1 Å². The Morgan fingerprint density at radius 2 is 1.76 bits per heavy atom. The fraction of sp³-hybridized carbons (Fsp3) is 0.882. The third-order valence-corrected chi connectivity index (χ3v) is 3.99. The van der Waals surface area contributed by atoms with Gasteiger partial charge in [-0.1, -0.05) is 51.9 Å². The van der Waals surface area contributed by atoms with Crippen LogP contribution in [0.5, 0.6) is 0 Å². The van der Waals surface area contributed by atoms with Crippen LogP contribution in [0.15, 0.2) is 12.3 Å². The molecule has 21 heavy (non-hydrogen) atoms. The first-order valence-electron chi connectivity index (χ1n) is 8.51. The molecular weight excluding hydrogens is 286 g/mol. The van der Waals surface area contributed by atoms with E-state index in [0.717, 1.165) is 19.4 Å². The molecule has 0 aromatic carbocycles. The van der Waals surface area contributed by atoms with E-state index in [9.17, 15) is 0 Å². The Balaban J connectivity index is 0.00000400. The number of aliphatic hydroxyl groups is 1. The summed E-state index contributed by atoms with van der Waals surface area (Å²) in [7, 11) is 0. The summed E-state index contributed by atoms with van der Waals surface area (Å²) < 4.78 is 5.65. The maximum Gasteiger partial charge on any atom is 0.112 e. The first-order chi connectivity index (χ1) is 9.86. The fourth-order valence-electron chi connectivity index (χ4n) is 2.66. The largest absolute Gasteiger partial charge is 0.497 e. The topological polar surface area (TPSA) is 41.5 Å². The van der Waals surface area contributed by atoms with E-state index in [1.54, 1.807) is 0 Å². The van der Waals surface area contributed by atoms with Crippen LogP contribution in [-0.4, -0.2) is 30.4 Å². The summed E-state index contributed by atoms with van der Waals surface area (Å²) >= 11 is 0. The van der Waals surface area contributed by atoms with E-state index in [-0.39, 0.29) is 31.2 Å². The predicted octanol–water partition coefficient (Wildman–Crippen LogP) is 4.19. The highest BCUT2D eigenvalue weighted by atomic mass is 35.5. The van der Waals surface area contributed by atoms with Crippen molar-refractivity contribution in [2.75, 3.05) is 13.2 Å². The van der Waals surface area contributed by atoms with Gasteiger partial charge in [0.1, 0.15) is 6.10 Å². The molecule has 0 radical (unpaired) electrons. The van der Waals surface area contributed by atoms with Crippen molar-refractivity contribution in [1.82, 2.24) is 5.32 Å². The molecule has 0 bridgehead atoms. The molecule has 0 saturated carbocycles. The Hall–Kier alpha value is -0.250. The summed E-state index contributed by atoms with van der Waals surface area (Å²) in [6, 6.07) is 0.223. The Morgan fingerprint density at radius 1 is 1.10 bits per heavy atom. The van der Waals surface area contributed by atoms with Crippen molar-refractivity contribution < 1.29 is 9.84 Å². The number of nitrogens with one attached hydrogen (secondary N) is 1. The Kier molecular flexibility index (Phi) is 14.5. The minimum absolute atomic E-state index is 0. The van der Waals surface area contributed by atoms with Gasteiger partial charge in [0.05, 0.1) is 12.9 Å². The molecule has 1 rings (SSSR count). The Labute approximate surface area is 136 Å². The zero-order chi connectivity index (χ0) is 14.5. The van der Waals surface area contributed by atoms with Crippen LogP contribution in [0.4, 0.5) is 0 Å². The molecule has 0 aliphatic carbocycles. The number of ether oxygens (including phenoxy) is 1. The van der Waals surface area contributed by atoms with Gasteiger partial charge in [-0.05, 0) is 18.9 Å². The van der Waals surface area contributed by atoms with Crippen molar-refractivity contribution in [3.8, 4) is 0 Å². The zero-order valence-corrected chi connectivity index (χ0v) is 14.4. The number of hydrogen-bond acceptors (Lipinski definition) is 3. The van der Waals surface area contributed by atoms with Crippen LogP contribution in [0.3, 0.4) is 0 Å². The SMILES string of the molecule is CCCCCCCCCC/C=C/O[C@H]1CN[C@H](CO)C1.Cl. The van der Waals surface area contributed by atoms with Crippen LogP contribution in [0, 0.1) is 0 Å². The first-order valence-corrected chi connectivity index (χ1v) is 8.51. The van der Waals surface area contributed by atoms with Crippen molar-refractivity contribution in [2.45, 2.75) is 83.3 Å². The van der Waals surface area contributed by atoms with E-state index < -0.39 is 0 Å². The maximum absolute atomic E-state index is 9.01. The Bertz CT molecular complexity index is 249. The zero-order valence-electron chi connectivity index (χ0n) is 13.6. The molecule has 0 amide bonds. The molecule has 1 heterocycles. The Morgan fingerprint density at radius 3 is 2.38 bits per heavy atom. The lowest BCUT2D eigenvalue weighted by Crippen LogP contribution is -2.24. The summed E-state index contributed by atoms with van der Waals surface area (Å²) in [4.78, 5) is 0. The minimum Gasteiger partial charge on any atom is -0.497 e. The van der Waals surface area contributed by atoms with Gasteiger partial charge in [-0.25, -0.2) is 0 Å². The number of unbranched alkanes of at least 4 members (excludes halogenated alkanes) is 8. The van der Waals surface area contributed by atoms with Crippen LogP contribution in [0.25, 0.3) is 0 Å². The molecule has 2 atom stereocenters. The smallest absolute Gasteiger partial charge is 0.112 e. The first kappa shape index (κ1) is 20.8. The van der Waals surface area contributed by atoms with E-state index in [4.69, 9.17) is 9.84 Å². The number of aliphatic hydroxyl groups excluding tert-OH is 1. The summed E-state index contributed by atoms with van der Waals surface area (Å²) in [6.07, 6.45) is 17.2. The van der Waals surface area contributed by atoms with Crippen LogP contribution in [-0.2, 0) is 4.74 Å². The van der Waals surface area contributed by atoms with Gasteiger partial charge in [-0.2, -0.15) is 0 Å². The molecular formula is C17H34ClNO2. The van der Waals surface area contributed by atoms with E-state index in [1.807, 2.05) is 6.26 Å². The lowest BCUT2D eigenvalue weighted by molar-refractivity contribution is 0.154. The molecule has 0 aromatic heterocycles. The second-order valence-electron chi connectivity index (χ2n) is 5.92. The third kappa shape index (κ3) is 11.0. The molecule has 1 aliphatic rings. The number of rotatable bonds is 12. The standard InChI is InChI=1S/C17H33NO2.ClH/c1-2-3-4-5-6-7-8-9-10-11-12-20-17-13-16(15-19)18-14-17;/h11-12,16-19H,2-10,13-15H2,1H3;1H/b12-11+;/t16-,17+;/m0./s1. The van der Waals surface area contributed by atoms with Crippen LogP contribution in [0.2, 0.25) is 0 Å². The van der Waals surface area contributed by atoms with Gasteiger partial charge >= 0.3 is 0 Å². The second-order valence-corrected chi connectivity index (χ2v) is 5.92. The monoisotopic (exact) mass is 319 g/mol. The molecule has 0 aromatic rings. The molecule has 3 nitrogen and oxygen atoms in total. The van der Waals surface area contributed by atoms with E-state index in [1.165, 1.54) is 51.4 Å². The summed E-state index contributed by atoms with van der Waals surface area (Å²) in [5.74, 6) is 0. The summed E-state index contributed by atoms with van der Waals surface area (Å²) in [5, 5.41) is 12.2. The van der Waals surface area contributed by atoms with E-state index >= 15 is 0 Å². The van der Waals surface area contributed by atoms with Gasteiger partial charge in [0.2, 0.25) is 0 Å². The normalized spacial score (nSPS) is 21.6. The highest BCUT2D eigenvalue weighted by Gasteiger charge is 2.23. The average molecular weight is 320 g/mol. The quantitative estimate of drug-likeness (QED) is 0.418. The van der Waals surface area contributed by atoms with Gasteiger partial charge in [-0.3, -0.25) is 0 Å². The van der Waals surface area contributed by atoms with Gasteiger partial charge in [0.15, 0.2) is 0 Å². The molecule has 0 spiro atoms. The number of hydrogen-bond donors (Lipinski definition) is 2. The lowest BCUT2D eigenvalue weighted by Gasteiger charge is -2.08. The van der Waals surface area contributed by atoms with Crippen molar-refractivity contribution in [3.63, 3.8) is 0 Å². The molecule has 1 aliphatic heterocycles. The fourth-order valence-corrected chi connectivity index (χ4v) is 2.66. The second kappa shape index (κ2) is 14.7. The van der Waals surface area contributed by atoms with Crippen LogP contribution < -0.4 is 5.32 Å². The molecule has 126 valence electrons. The maximum atomic E-state index is 9.01. The van der Waals surface area contributed by atoms with Crippen LogP contribution >= 0.6 is 12.4 Å². The predicted molar refractivity (Wildman–Crippen MR) is 92.0 cm³/mol.